The first-order valence-corrected chi connectivity index (χ1v) is 10.6. The number of rotatable bonds is 8. The highest BCUT2D eigenvalue weighted by molar-refractivity contribution is 7.87. The average molecular weight is 415 g/mol. The van der Waals surface area contributed by atoms with Gasteiger partial charge in [0.15, 0.2) is 0 Å². The van der Waals surface area contributed by atoms with Crippen LogP contribution in [0.25, 0.3) is 11.4 Å². The Bertz CT molecular complexity index is 839. The summed E-state index contributed by atoms with van der Waals surface area (Å²) >= 11 is 5.87. The fourth-order valence-electron chi connectivity index (χ4n) is 3.07. The molecule has 3 rings (SSSR count). The number of benzene rings is 1. The summed E-state index contributed by atoms with van der Waals surface area (Å²) in [5.41, 5.74) is 0.785. The van der Waals surface area contributed by atoms with Gasteiger partial charge in [0.1, 0.15) is 0 Å². The van der Waals surface area contributed by atoms with Crippen molar-refractivity contribution in [1.29, 1.82) is 0 Å². The molecule has 1 fully saturated rings. The summed E-state index contributed by atoms with van der Waals surface area (Å²) < 4.78 is 39.4. The highest BCUT2D eigenvalue weighted by Crippen LogP contribution is 2.20. The molecule has 8 nitrogen and oxygen atoms in total. The van der Waals surface area contributed by atoms with Crippen molar-refractivity contribution in [3.63, 3.8) is 0 Å². The van der Waals surface area contributed by atoms with Gasteiger partial charge in [0.25, 0.3) is 10.2 Å². The van der Waals surface area contributed by atoms with Crippen molar-refractivity contribution in [1.82, 2.24) is 19.2 Å². The molecule has 0 bridgehead atoms. The van der Waals surface area contributed by atoms with Gasteiger partial charge in [-0.05, 0) is 43.0 Å². The number of piperidine rings is 1. The molecule has 0 spiro atoms. The third-order valence-electron chi connectivity index (χ3n) is 4.42. The second-order valence-electron chi connectivity index (χ2n) is 6.49. The van der Waals surface area contributed by atoms with E-state index in [1.165, 1.54) is 4.31 Å². The molecule has 1 aromatic heterocycles. The van der Waals surface area contributed by atoms with Crippen LogP contribution in [0.15, 0.2) is 28.8 Å². The van der Waals surface area contributed by atoms with E-state index >= 15 is 0 Å². The maximum Gasteiger partial charge on any atom is 0.279 e. The Morgan fingerprint density at radius 2 is 2.15 bits per heavy atom. The summed E-state index contributed by atoms with van der Waals surface area (Å²) in [5.74, 6) is 1.06. The summed E-state index contributed by atoms with van der Waals surface area (Å²) in [6, 6.07) is 7.09. The predicted octanol–water partition coefficient (Wildman–Crippen LogP) is 2.13. The number of methoxy groups -OCH3 is 1. The topological polar surface area (TPSA) is 97.6 Å². The highest BCUT2D eigenvalue weighted by atomic mass is 35.5. The van der Waals surface area contributed by atoms with Crippen molar-refractivity contribution in [2.24, 2.45) is 5.92 Å². The monoisotopic (exact) mass is 414 g/mol. The van der Waals surface area contributed by atoms with Crippen molar-refractivity contribution in [2.75, 3.05) is 33.4 Å². The number of nitrogens with one attached hydrogen (secondary N) is 1. The first-order chi connectivity index (χ1) is 13.0. The number of nitrogens with zero attached hydrogens (tertiary/aromatic N) is 3. The Labute approximate surface area is 164 Å². The molecule has 1 unspecified atom stereocenters. The first kappa shape index (κ1) is 20.2. The van der Waals surface area contributed by atoms with Crippen LogP contribution in [-0.4, -0.2) is 56.2 Å². The lowest BCUT2D eigenvalue weighted by atomic mass is 10.0. The zero-order valence-corrected chi connectivity index (χ0v) is 16.7. The van der Waals surface area contributed by atoms with E-state index in [1.807, 2.05) is 0 Å². The predicted molar refractivity (Wildman–Crippen MR) is 102 cm³/mol. The molecule has 1 saturated heterocycles. The second kappa shape index (κ2) is 9.11. The Morgan fingerprint density at radius 1 is 1.37 bits per heavy atom. The van der Waals surface area contributed by atoms with Crippen LogP contribution in [0, 0.1) is 5.92 Å². The molecule has 10 heteroatoms. The lowest BCUT2D eigenvalue weighted by Crippen LogP contribution is -2.47. The van der Waals surface area contributed by atoms with Crippen LogP contribution in [0.2, 0.25) is 5.02 Å². The van der Waals surface area contributed by atoms with E-state index in [0.717, 1.165) is 18.4 Å². The molecule has 2 aromatic rings. The Hall–Kier alpha value is -1.52. The number of halogens is 1. The van der Waals surface area contributed by atoms with Crippen LogP contribution in [-0.2, 0) is 21.4 Å². The standard InChI is InChI=1S/C17H23ClN4O4S/c1-25-12-13-3-2-10-22(11-13)27(23,24)19-9-8-16-20-17(21-26-16)14-4-6-15(18)7-5-14/h4-7,13,19H,2-3,8-12H2,1H3. The third kappa shape index (κ3) is 5.49. The number of hydrogen-bond acceptors (Lipinski definition) is 6. The van der Waals surface area contributed by atoms with E-state index in [1.54, 1.807) is 31.4 Å². The molecule has 0 saturated carbocycles. The highest BCUT2D eigenvalue weighted by Gasteiger charge is 2.28. The Balaban J connectivity index is 1.52. The number of aromatic nitrogens is 2. The van der Waals surface area contributed by atoms with Crippen LogP contribution >= 0.6 is 11.6 Å². The average Bonchev–Trinajstić information content (AvgIpc) is 3.11. The molecule has 148 valence electrons. The lowest BCUT2D eigenvalue weighted by molar-refractivity contribution is 0.118. The van der Waals surface area contributed by atoms with Crippen molar-refractivity contribution in [2.45, 2.75) is 19.3 Å². The van der Waals surface area contributed by atoms with Crippen LogP contribution in [0.3, 0.4) is 0 Å². The molecule has 1 aliphatic heterocycles. The van der Waals surface area contributed by atoms with E-state index in [9.17, 15) is 8.42 Å². The summed E-state index contributed by atoms with van der Waals surface area (Å²) in [5, 5.41) is 4.55. The van der Waals surface area contributed by atoms with Gasteiger partial charge in [-0.25, -0.2) is 4.72 Å². The van der Waals surface area contributed by atoms with Crippen LogP contribution in [0.4, 0.5) is 0 Å². The van der Waals surface area contributed by atoms with Crippen LogP contribution < -0.4 is 4.72 Å². The SMILES string of the molecule is COCC1CCCN(S(=O)(=O)NCCc2nc(-c3ccc(Cl)cc3)no2)C1. The zero-order chi connectivity index (χ0) is 19.3. The minimum atomic E-state index is -3.53. The summed E-state index contributed by atoms with van der Waals surface area (Å²) in [6.07, 6.45) is 2.13. The van der Waals surface area contributed by atoms with Gasteiger partial charge in [0, 0.05) is 43.8 Å². The number of ether oxygens (including phenoxy) is 1. The molecule has 0 amide bonds. The van der Waals surface area contributed by atoms with Gasteiger partial charge >= 0.3 is 0 Å². The summed E-state index contributed by atoms with van der Waals surface area (Å²) in [7, 11) is -1.90. The fraction of sp³-hybridized carbons (Fsp3) is 0.529. The normalized spacial score (nSPS) is 18.7. The Morgan fingerprint density at radius 3 is 2.89 bits per heavy atom. The first-order valence-electron chi connectivity index (χ1n) is 8.80. The maximum absolute atomic E-state index is 12.5. The van der Waals surface area contributed by atoms with Crippen molar-refractivity contribution >= 4 is 21.8 Å². The van der Waals surface area contributed by atoms with Gasteiger partial charge in [-0.15, -0.1) is 0 Å². The fourth-order valence-corrected chi connectivity index (χ4v) is 4.51. The molecular formula is C17H23ClN4O4S. The lowest BCUT2D eigenvalue weighted by Gasteiger charge is -2.31. The van der Waals surface area contributed by atoms with Gasteiger partial charge in [-0.3, -0.25) is 0 Å². The van der Waals surface area contributed by atoms with Gasteiger partial charge in [0.2, 0.25) is 11.7 Å². The summed E-state index contributed by atoms with van der Waals surface area (Å²) in [4.78, 5) is 4.29. The minimum Gasteiger partial charge on any atom is -0.384 e. The van der Waals surface area contributed by atoms with Gasteiger partial charge in [0.05, 0.1) is 6.61 Å². The largest absolute Gasteiger partial charge is 0.384 e. The molecular weight excluding hydrogens is 392 g/mol. The number of hydrogen-bond donors (Lipinski definition) is 1. The summed E-state index contributed by atoms with van der Waals surface area (Å²) in [6.45, 7) is 1.76. The van der Waals surface area contributed by atoms with E-state index in [0.29, 0.717) is 42.9 Å². The second-order valence-corrected chi connectivity index (χ2v) is 8.68. The molecule has 0 aliphatic carbocycles. The van der Waals surface area contributed by atoms with Gasteiger partial charge < -0.3 is 9.26 Å². The zero-order valence-electron chi connectivity index (χ0n) is 15.1. The molecule has 1 aromatic carbocycles. The Kier molecular flexibility index (Phi) is 6.83. The molecule has 27 heavy (non-hydrogen) atoms. The van der Waals surface area contributed by atoms with Gasteiger partial charge in [-0.2, -0.15) is 17.7 Å². The smallest absolute Gasteiger partial charge is 0.279 e. The minimum absolute atomic E-state index is 0.191. The van der Waals surface area contributed by atoms with Crippen LogP contribution in [0.5, 0.6) is 0 Å². The van der Waals surface area contributed by atoms with E-state index in [4.69, 9.17) is 20.9 Å². The van der Waals surface area contributed by atoms with Crippen LogP contribution in [0.1, 0.15) is 18.7 Å². The molecule has 1 N–H and O–H groups in total. The van der Waals surface area contributed by atoms with E-state index < -0.39 is 10.2 Å². The van der Waals surface area contributed by atoms with E-state index in [2.05, 4.69) is 14.9 Å². The van der Waals surface area contributed by atoms with Gasteiger partial charge in [-0.1, -0.05) is 16.8 Å². The molecule has 2 heterocycles. The molecule has 0 radical (unpaired) electrons. The third-order valence-corrected chi connectivity index (χ3v) is 6.25. The molecule has 1 atom stereocenters. The molecule has 1 aliphatic rings. The van der Waals surface area contributed by atoms with Crippen molar-refractivity contribution in [3.8, 4) is 11.4 Å². The maximum atomic E-state index is 12.5. The van der Waals surface area contributed by atoms with E-state index in [-0.39, 0.29) is 12.5 Å². The quantitative estimate of drug-likeness (QED) is 0.710. The van der Waals surface area contributed by atoms with Crippen molar-refractivity contribution < 1.29 is 17.7 Å². The van der Waals surface area contributed by atoms with Crippen molar-refractivity contribution in [3.05, 3.63) is 35.2 Å².